The molecule has 0 radical (unpaired) electrons. The smallest absolute Gasteiger partial charge is 0.340 e. The summed E-state index contributed by atoms with van der Waals surface area (Å²) in [7, 11) is -2.69. The van der Waals surface area contributed by atoms with E-state index in [1.54, 1.807) is 0 Å². The summed E-state index contributed by atoms with van der Waals surface area (Å²) in [4.78, 5) is 10.7. The van der Waals surface area contributed by atoms with Gasteiger partial charge in [0, 0.05) is 7.05 Å². The number of nitrogens with zero attached hydrogens (tertiary/aromatic N) is 2. The molecule has 8 heteroatoms. The second-order valence-electron chi connectivity index (χ2n) is 2.88. The summed E-state index contributed by atoms with van der Waals surface area (Å²) in [5.74, 6) is 0.776. The van der Waals surface area contributed by atoms with E-state index >= 15 is 0 Å². The predicted octanol–water partition coefficient (Wildman–Crippen LogP) is -0.638. The number of H-pyrrole nitrogens is 1. The van der Waals surface area contributed by atoms with E-state index < -0.39 is 26.6 Å². The zero-order chi connectivity index (χ0) is 12.3. The first-order chi connectivity index (χ1) is 7.41. The highest BCUT2D eigenvalue weighted by atomic mass is 32.2. The van der Waals surface area contributed by atoms with Crippen LogP contribution in [0.15, 0.2) is 11.2 Å². The molecule has 86 valence electrons. The Morgan fingerprint density at radius 2 is 2.38 bits per heavy atom. The molecular weight excluding hydrogens is 234 g/mol. The average molecular weight is 243 g/mol. The maximum absolute atomic E-state index is 11.8. The Morgan fingerprint density at radius 3 is 2.88 bits per heavy atom. The van der Waals surface area contributed by atoms with E-state index in [9.17, 15) is 13.2 Å². The zero-order valence-corrected chi connectivity index (χ0v) is 9.15. The lowest BCUT2D eigenvalue weighted by atomic mass is 10.4. The number of nitrogens with one attached hydrogen (secondary N) is 1. The van der Waals surface area contributed by atoms with Crippen LogP contribution in [0.3, 0.4) is 0 Å². The Labute approximate surface area is 92.1 Å². The number of rotatable bonds is 4. The van der Waals surface area contributed by atoms with Crippen LogP contribution in [0.5, 0.6) is 0 Å². The molecule has 0 fully saturated rings. The number of carboxylic acids is 1. The molecule has 0 spiro atoms. The largest absolute Gasteiger partial charge is 0.478 e. The van der Waals surface area contributed by atoms with Gasteiger partial charge in [0.05, 0.1) is 12.7 Å². The van der Waals surface area contributed by atoms with Crippen LogP contribution in [0, 0.1) is 12.3 Å². The molecule has 2 N–H and O–H groups in total. The maximum atomic E-state index is 11.8. The van der Waals surface area contributed by atoms with Crippen LogP contribution < -0.4 is 0 Å². The number of hydrogen-bond donors (Lipinski definition) is 2. The maximum Gasteiger partial charge on any atom is 0.340 e. The van der Waals surface area contributed by atoms with Gasteiger partial charge in [-0.05, 0) is 0 Å². The van der Waals surface area contributed by atoms with Crippen LogP contribution in [-0.4, -0.2) is 47.6 Å². The quantitative estimate of drug-likeness (QED) is 0.685. The molecule has 1 aromatic heterocycles. The molecule has 0 atom stereocenters. The van der Waals surface area contributed by atoms with Gasteiger partial charge in [0.15, 0.2) is 5.03 Å². The summed E-state index contributed by atoms with van der Waals surface area (Å²) < 4.78 is 24.5. The molecule has 0 saturated carbocycles. The van der Waals surface area contributed by atoms with Crippen molar-refractivity contribution >= 4 is 16.0 Å². The fourth-order valence-corrected chi connectivity index (χ4v) is 2.13. The van der Waals surface area contributed by atoms with Crippen LogP contribution in [-0.2, 0) is 10.0 Å². The minimum absolute atomic E-state index is 0.152. The molecule has 1 aromatic rings. The number of carbonyl (C=O) groups is 1. The van der Waals surface area contributed by atoms with Gasteiger partial charge in [-0.15, -0.1) is 6.42 Å². The van der Waals surface area contributed by atoms with Gasteiger partial charge in [-0.1, -0.05) is 5.92 Å². The van der Waals surface area contributed by atoms with E-state index in [-0.39, 0.29) is 6.54 Å². The molecule has 0 saturated heterocycles. The molecule has 0 aromatic carbocycles. The second-order valence-corrected chi connectivity index (χ2v) is 4.86. The minimum Gasteiger partial charge on any atom is -0.478 e. The van der Waals surface area contributed by atoms with Crippen molar-refractivity contribution in [3.8, 4) is 12.3 Å². The average Bonchev–Trinajstić information content (AvgIpc) is 2.66. The molecule has 1 rings (SSSR count). The highest BCUT2D eigenvalue weighted by Gasteiger charge is 2.28. The molecule has 0 aliphatic heterocycles. The molecule has 0 aliphatic rings. The lowest BCUT2D eigenvalue weighted by molar-refractivity contribution is 0.0692. The highest BCUT2D eigenvalue weighted by molar-refractivity contribution is 7.89. The van der Waals surface area contributed by atoms with Crippen LogP contribution in [0.25, 0.3) is 0 Å². The molecule has 1 heterocycles. The van der Waals surface area contributed by atoms with Crippen molar-refractivity contribution in [3.05, 3.63) is 11.8 Å². The van der Waals surface area contributed by atoms with Crippen molar-refractivity contribution in [3.63, 3.8) is 0 Å². The Kier molecular flexibility index (Phi) is 3.31. The fraction of sp³-hybridized carbons (Fsp3) is 0.250. The number of aromatic nitrogens is 2. The van der Waals surface area contributed by atoms with Gasteiger partial charge < -0.3 is 5.11 Å². The summed E-state index contributed by atoms with van der Waals surface area (Å²) in [6, 6.07) is 0. The monoisotopic (exact) mass is 243 g/mol. The van der Waals surface area contributed by atoms with E-state index in [1.165, 1.54) is 7.05 Å². The molecule has 16 heavy (non-hydrogen) atoms. The number of carboxylic acid groups (broad SMARTS) is 1. The third kappa shape index (κ3) is 2.05. The summed E-state index contributed by atoms with van der Waals surface area (Å²) in [6.45, 7) is -0.152. The number of aromatic carboxylic acids is 1. The van der Waals surface area contributed by atoms with Crippen LogP contribution in [0.4, 0.5) is 0 Å². The van der Waals surface area contributed by atoms with Gasteiger partial charge in [-0.3, -0.25) is 5.10 Å². The van der Waals surface area contributed by atoms with E-state index in [0.717, 1.165) is 10.5 Å². The molecule has 0 bridgehead atoms. The third-order valence-electron chi connectivity index (χ3n) is 1.82. The summed E-state index contributed by atoms with van der Waals surface area (Å²) >= 11 is 0. The van der Waals surface area contributed by atoms with Gasteiger partial charge in [0.2, 0.25) is 0 Å². The van der Waals surface area contributed by atoms with Crippen molar-refractivity contribution in [1.29, 1.82) is 0 Å². The van der Waals surface area contributed by atoms with E-state index in [1.807, 2.05) is 0 Å². The molecule has 7 nitrogen and oxygen atoms in total. The van der Waals surface area contributed by atoms with E-state index in [0.29, 0.717) is 0 Å². The van der Waals surface area contributed by atoms with E-state index in [2.05, 4.69) is 16.1 Å². The summed E-state index contributed by atoms with van der Waals surface area (Å²) in [5.41, 5.74) is -0.413. The van der Waals surface area contributed by atoms with Gasteiger partial charge in [0.1, 0.15) is 5.56 Å². The molecule has 0 aliphatic carbocycles. The number of aromatic amines is 1. The lowest BCUT2D eigenvalue weighted by Gasteiger charge is -2.12. The van der Waals surface area contributed by atoms with E-state index in [4.69, 9.17) is 11.5 Å². The highest BCUT2D eigenvalue weighted by Crippen LogP contribution is 2.15. The third-order valence-corrected chi connectivity index (χ3v) is 3.59. The van der Waals surface area contributed by atoms with Gasteiger partial charge in [-0.2, -0.15) is 9.40 Å². The Hall–Kier alpha value is -1.85. The van der Waals surface area contributed by atoms with Crippen molar-refractivity contribution in [2.24, 2.45) is 0 Å². The summed E-state index contributed by atoms with van der Waals surface area (Å²) in [6.07, 6.45) is 5.91. The van der Waals surface area contributed by atoms with Gasteiger partial charge in [0.25, 0.3) is 10.0 Å². The van der Waals surface area contributed by atoms with Crippen LogP contribution in [0.1, 0.15) is 10.4 Å². The van der Waals surface area contributed by atoms with Crippen molar-refractivity contribution in [2.75, 3.05) is 13.6 Å². The summed E-state index contributed by atoms with van der Waals surface area (Å²) in [5, 5.41) is 13.8. The zero-order valence-electron chi connectivity index (χ0n) is 8.34. The molecule has 0 amide bonds. The SMILES string of the molecule is C#CCN(C)S(=O)(=O)c1[nH]ncc1C(=O)O. The number of terminal acetylenes is 1. The number of sulfonamides is 1. The van der Waals surface area contributed by atoms with Crippen LogP contribution >= 0.6 is 0 Å². The topological polar surface area (TPSA) is 103 Å². The molecular formula is C8H9N3O4S. The van der Waals surface area contributed by atoms with Crippen molar-refractivity contribution in [2.45, 2.75) is 5.03 Å². The lowest BCUT2D eigenvalue weighted by Crippen LogP contribution is -2.28. The van der Waals surface area contributed by atoms with Gasteiger partial charge >= 0.3 is 5.97 Å². The first-order valence-corrected chi connectivity index (χ1v) is 5.51. The predicted molar refractivity (Wildman–Crippen MR) is 54.2 cm³/mol. The Balaban J connectivity index is 3.23. The van der Waals surface area contributed by atoms with Crippen molar-refractivity contribution < 1.29 is 18.3 Å². The van der Waals surface area contributed by atoms with Crippen LogP contribution in [0.2, 0.25) is 0 Å². The first kappa shape index (κ1) is 12.2. The normalized spacial score (nSPS) is 11.3. The van der Waals surface area contributed by atoms with Gasteiger partial charge in [-0.25, -0.2) is 13.2 Å². The minimum atomic E-state index is -3.94. The number of hydrogen-bond acceptors (Lipinski definition) is 4. The van der Waals surface area contributed by atoms with Crippen molar-refractivity contribution in [1.82, 2.24) is 14.5 Å². The fourth-order valence-electron chi connectivity index (χ4n) is 0.993. The standard InChI is InChI=1S/C8H9N3O4S/c1-3-4-11(2)16(14,15)7-6(8(12)13)5-9-10-7/h1,5H,4H2,2H3,(H,9,10)(H,12,13). The first-order valence-electron chi connectivity index (χ1n) is 4.07. The Morgan fingerprint density at radius 1 is 1.75 bits per heavy atom. The molecule has 0 unspecified atom stereocenters. The Bertz CT molecular complexity index is 540. The second kappa shape index (κ2) is 4.34.